The summed E-state index contributed by atoms with van der Waals surface area (Å²) < 4.78 is 25.5. The van der Waals surface area contributed by atoms with E-state index in [2.05, 4.69) is 4.99 Å². The smallest absolute Gasteiger partial charge is 0.266 e. The van der Waals surface area contributed by atoms with E-state index < -0.39 is 0 Å². The van der Waals surface area contributed by atoms with Gasteiger partial charge in [0.15, 0.2) is 16.7 Å². The summed E-state index contributed by atoms with van der Waals surface area (Å²) in [6.07, 6.45) is 1.84. The van der Waals surface area contributed by atoms with E-state index in [9.17, 15) is 9.18 Å². The Balaban J connectivity index is 1.85. The lowest BCUT2D eigenvalue weighted by Gasteiger charge is -2.20. The van der Waals surface area contributed by atoms with Gasteiger partial charge < -0.3 is 9.47 Å². The third-order valence-electron chi connectivity index (χ3n) is 4.63. The monoisotopic (exact) mass is 456 g/mol. The van der Waals surface area contributed by atoms with Crippen molar-refractivity contribution in [1.82, 2.24) is 4.90 Å². The van der Waals surface area contributed by atoms with E-state index in [4.69, 9.17) is 9.47 Å². The number of carbonyl (C=O) groups is 1. The van der Waals surface area contributed by atoms with E-state index in [0.29, 0.717) is 28.6 Å². The van der Waals surface area contributed by atoms with Crippen LogP contribution in [0.3, 0.4) is 0 Å². The molecule has 0 N–H and O–H groups in total. The minimum atomic E-state index is -0.308. The molecular weight excluding hydrogens is 427 g/mol. The third kappa shape index (κ3) is 5.71. The van der Waals surface area contributed by atoms with Gasteiger partial charge in [-0.2, -0.15) is 0 Å². The van der Waals surface area contributed by atoms with Gasteiger partial charge in [0.25, 0.3) is 5.91 Å². The minimum absolute atomic E-state index is 0.0199. The van der Waals surface area contributed by atoms with Crippen LogP contribution in [0.4, 0.5) is 4.39 Å². The van der Waals surface area contributed by atoms with Crippen LogP contribution in [0, 0.1) is 5.82 Å². The third-order valence-corrected chi connectivity index (χ3v) is 5.63. The summed E-state index contributed by atoms with van der Waals surface area (Å²) in [4.78, 5) is 19.9. The van der Waals surface area contributed by atoms with Crippen LogP contribution in [-0.2, 0) is 11.4 Å². The second kappa shape index (κ2) is 10.7. The first-order chi connectivity index (χ1) is 15.3. The SMILES string of the molecule is CCOc1cc(/C=C2/SC(=NC(C)C)N(C(C)C)C2=O)ccc1OCc1ccccc1F. The molecule has 0 saturated carbocycles. The summed E-state index contributed by atoms with van der Waals surface area (Å²) in [5, 5.41) is 0.723. The van der Waals surface area contributed by atoms with Gasteiger partial charge in [-0.25, -0.2) is 4.39 Å². The lowest BCUT2D eigenvalue weighted by atomic mass is 10.1. The highest BCUT2D eigenvalue weighted by Crippen LogP contribution is 2.36. The van der Waals surface area contributed by atoms with Crippen molar-refractivity contribution >= 4 is 28.9 Å². The molecule has 3 rings (SSSR count). The van der Waals surface area contributed by atoms with Gasteiger partial charge >= 0.3 is 0 Å². The summed E-state index contributed by atoms with van der Waals surface area (Å²) in [6, 6.07) is 12.1. The second-order valence-corrected chi connectivity index (χ2v) is 8.91. The maximum absolute atomic E-state index is 13.9. The van der Waals surface area contributed by atoms with Crippen molar-refractivity contribution in [3.05, 3.63) is 64.3 Å². The normalized spacial score (nSPS) is 16.6. The molecule has 0 atom stereocenters. The molecule has 1 saturated heterocycles. The number of aliphatic imine (C=N–C) groups is 1. The fourth-order valence-corrected chi connectivity index (χ4v) is 4.41. The van der Waals surface area contributed by atoms with Crippen molar-refractivity contribution < 1.29 is 18.7 Å². The molecule has 1 aliphatic heterocycles. The van der Waals surface area contributed by atoms with Crippen LogP contribution in [0.2, 0.25) is 0 Å². The maximum Gasteiger partial charge on any atom is 0.266 e. The van der Waals surface area contributed by atoms with Crippen molar-refractivity contribution in [1.29, 1.82) is 0 Å². The lowest BCUT2D eigenvalue weighted by molar-refractivity contribution is -0.123. The Kier molecular flexibility index (Phi) is 7.96. The van der Waals surface area contributed by atoms with Gasteiger partial charge in [0.1, 0.15) is 12.4 Å². The number of hydrogen-bond acceptors (Lipinski definition) is 5. The first-order valence-corrected chi connectivity index (χ1v) is 11.6. The van der Waals surface area contributed by atoms with E-state index >= 15 is 0 Å². The molecule has 2 aromatic carbocycles. The van der Waals surface area contributed by atoms with Crippen LogP contribution >= 0.6 is 11.8 Å². The summed E-state index contributed by atoms with van der Waals surface area (Å²) in [6.45, 7) is 10.4. The molecule has 1 fully saturated rings. The van der Waals surface area contributed by atoms with Gasteiger partial charge in [0, 0.05) is 17.6 Å². The molecule has 0 bridgehead atoms. The van der Waals surface area contributed by atoms with E-state index in [-0.39, 0.29) is 30.4 Å². The highest BCUT2D eigenvalue weighted by Gasteiger charge is 2.35. The molecule has 32 heavy (non-hydrogen) atoms. The van der Waals surface area contributed by atoms with E-state index in [0.717, 1.165) is 10.7 Å². The lowest BCUT2D eigenvalue weighted by Crippen LogP contribution is -2.35. The number of ether oxygens (including phenoxy) is 2. The van der Waals surface area contributed by atoms with Gasteiger partial charge in [-0.1, -0.05) is 24.3 Å². The largest absolute Gasteiger partial charge is 0.490 e. The van der Waals surface area contributed by atoms with Crippen LogP contribution in [0.25, 0.3) is 6.08 Å². The second-order valence-electron chi connectivity index (χ2n) is 7.90. The van der Waals surface area contributed by atoms with Gasteiger partial charge in [0.05, 0.1) is 11.5 Å². The molecule has 1 aliphatic rings. The first kappa shape index (κ1) is 23.9. The van der Waals surface area contributed by atoms with E-state index in [1.807, 2.05) is 52.8 Å². The Morgan fingerprint density at radius 2 is 1.84 bits per heavy atom. The fourth-order valence-electron chi connectivity index (χ4n) is 3.18. The average Bonchev–Trinajstić information content (AvgIpc) is 3.03. The van der Waals surface area contributed by atoms with Gasteiger partial charge in [0.2, 0.25) is 0 Å². The molecule has 0 aliphatic carbocycles. The molecule has 1 amide bonds. The Labute approximate surface area is 193 Å². The molecule has 0 unspecified atom stereocenters. The molecule has 170 valence electrons. The number of thioether (sulfide) groups is 1. The molecule has 0 aromatic heterocycles. The predicted molar refractivity (Wildman–Crippen MR) is 128 cm³/mol. The fraction of sp³-hybridized carbons (Fsp3) is 0.360. The summed E-state index contributed by atoms with van der Waals surface area (Å²) in [5.74, 6) is 0.707. The van der Waals surface area contributed by atoms with Crippen molar-refractivity contribution in [3.8, 4) is 11.5 Å². The van der Waals surface area contributed by atoms with Crippen molar-refractivity contribution in [2.24, 2.45) is 4.99 Å². The molecule has 0 spiro atoms. The van der Waals surface area contributed by atoms with E-state index in [1.54, 1.807) is 29.2 Å². The molecule has 2 aromatic rings. The van der Waals surface area contributed by atoms with E-state index in [1.165, 1.54) is 17.8 Å². The van der Waals surface area contributed by atoms with Crippen LogP contribution in [0.5, 0.6) is 11.5 Å². The Morgan fingerprint density at radius 3 is 2.50 bits per heavy atom. The zero-order chi connectivity index (χ0) is 23.3. The molecular formula is C25H29FN2O3S. The number of hydrogen-bond donors (Lipinski definition) is 0. The first-order valence-electron chi connectivity index (χ1n) is 10.7. The highest BCUT2D eigenvalue weighted by atomic mass is 32.2. The molecule has 7 heteroatoms. The predicted octanol–water partition coefficient (Wildman–Crippen LogP) is 5.89. The van der Waals surface area contributed by atoms with Gasteiger partial charge in [-0.05, 0) is 76.2 Å². The summed E-state index contributed by atoms with van der Waals surface area (Å²) in [7, 11) is 0. The number of benzene rings is 2. The quantitative estimate of drug-likeness (QED) is 0.465. The van der Waals surface area contributed by atoms with Gasteiger partial charge in [-0.3, -0.25) is 14.7 Å². The zero-order valence-corrected chi connectivity index (χ0v) is 19.9. The number of nitrogens with zero attached hydrogens (tertiary/aromatic N) is 2. The maximum atomic E-state index is 13.9. The number of amidine groups is 1. The van der Waals surface area contributed by atoms with Crippen LogP contribution in [0.1, 0.15) is 45.7 Å². The number of amides is 1. The standard InChI is InChI=1S/C25H29FN2O3S/c1-6-30-22-13-18(11-12-21(22)31-15-19-9-7-8-10-20(19)26)14-23-24(29)28(17(4)5)25(32-23)27-16(2)3/h7-14,16-17H,6,15H2,1-5H3/b23-14+,27-25?. The summed E-state index contributed by atoms with van der Waals surface area (Å²) >= 11 is 1.38. The number of rotatable bonds is 8. The van der Waals surface area contributed by atoms with Crippen LogP contribution in [0.15, 0.2) is 52.4 Å². The topological polar surface area (TPSA) is 51.1 Å². The Hall–Kier alpha value is -2.80. The zero-order valence-electron chi connectivity index (χ0n) is 19.1. The summed E-state index contributed by atoms with van der Waals surface area (Å²) in [5.41, 5.74) is 1.29. The van der Waals surface area contributed by atoms with Crippen molar-refractivity contribution in [2.45, 2.75) is 53.3 Å². The number of carbonyl (C=O) groups excluding carboxylic acids is 1. The Bertz CT molecular complexity index is 1030. The average molecular weight is 457 g/mol. The highest BCUT2D eigenvalue weighted by molar-refractivity contribution is 8.18. The van der Waals surface area contributed by atoms with Crippen LogP contribution in [-0.4, -0.2) is 34.7 Å². The number of halogens is 1. The van der Waals surface area contributed by atoms with Gasteiger partial charge in [-0.15, -0.1) is 0 Å². The molecule has 0 radical (unpaired) electrons. The van der Waals surface area contributed by atoms with Crippen molar-refractivity contribution in [3.63, 3.8) is 0 Å². The Morgan fingerprint density at radius 1 is 1.09 bits per heavy atom. The minimum Gasteiger partial charge on any atom is -0.490 e. The molecule has 1 heterocycles. The molecule has 5 nitrogen and oxygen atoms in total. The van der Waals surface area contributed by atoms with Crippen molar-refractivity contribution in [2.75, 3.05) is 6.61 Å². The van der Waals surface area contributed by atoms with Crippen LogP contribution < -0.4 is 9.47 Å².